The fourth-order valence-electron chi connectivity index (χ4n) is 13.5. The van der Waals surface area contributed by atoms with Gasteiger partial charge in [-0.1, -0.05) is 212 Å². The summed E-state index contributed by atoms with van der Waals surface area (Å²) in [5.41, 5.74) is 19.6. The van der Waals surface area contributed by atoms with Gasteiger partial charge in [-0.25, -0.2) is 0 Å². The van der Waals surface area contributed by atoms with Crippen LogP contribution in [0.15, 0.2) is 271 Å². The predicted octanol–water partition coefficient (Wildman–Crippen LogP) is 18.4. The summed E-state index contributed by atoms with van der Waals surface area (Å²) >= 11 is 1.88. The van der Waals surface area contributed by atoms with Gasteiger partial charge >= 0.3 is 0 Å². The van der Waals surface area contributed by atoms with E-state index < -0.39 is 10.8 Å². The molecule has 0 bridgehead atoms. The molecule has 2 heterocycles. The molecule has 16 rings (SSSR count). The molecule has 2 aliphatic carbocycles. The molecule has 73 heavy (non-hydrogen) atoms. The Kier molecular flexibility index (Phi) is 8.56. The number of nitrogens with zero attached hydrogens (tertiary/aromatic N) is 1. The minimum absolute atomic E-state index is 0.517. The molecule has 0 aromatic heterocycles. The lowest BCUT2D eigenvalue weighted by molar-refractivity contribution is 0.436. The molecule has 0 atom stereocenters. The number of hydrogen-bond acceptors (Lipinski definition) is 3. The summed E-state index contributed by atoms with van der Waals surface area (Å²) in [5.74, 6) is 1.77. The quantitative estimate of drug-likeness (QED) is 0.163. The van der Waals surface area contributed by atoms with Gasteiger partial charge in [0.15, 0.2) is 0 Å². The lowest BCUT2D eigenvalue weighted by Gasteiger charge is -2.40. The number of ether oxygens (including phenoxy) is 1. The van der Waals surface area contributed by atoms with Gasteiger partial charge in [-0.05, 0) is 143 Å². The Labute approximate surface area is 428 Å². The number of anilines is 3. The van der Waals surface area contributed by atoms with E-state index in [1.54, 1.807) is 0 Å². The van der Waals surface area contributed by atoms with Gasteiger partial charge in [-0.2, -0.15) is 0 Å². The summed E-state index contributed by atoms with van der Waals surface area (Å²) in [6, 6.07) is 97.3. The van der Waals surface area contributed by atoms with Crippen LogP contribution < -0.4 is 9.64 Å². The fraction of sp³-hybridized carbons (Fsp3) is 0.0286. The summed E-state index contributed by atoms with van der Waals surface area (Å²) in [5, 5.41) is 5.05. The highest BCUT2D eigenvalue weighted by molar-refractivity contribution is 7.99. The van der Waals surface area contributed by atoms with Gasteiger partial charge in [-0.3, -0.25) is 0 Å². The molecule has 0 amide bonds. The summed E-state index contributed by atoms with van der Waals surface area (Å²) < 4.78 is 6.78. The first-order valence-corrected chi connectivity index (χ1v) is 26.0. The molecule has 0 N–H and O–H groups in total. The Morgan fingerprint density at radius 1 is 0.315 bits per heavy atom. The van der Waals surface area contributed by atoms with Crippen molar-refractivity contribution in [3.05, 3.63) is 305 Å². The highest BCUT2D eigenvalue weighted by Gasteiger charge is 2.53. The maximum Gasteiger partial charge on any atom is 0.132 e. The third kappa shape index (κ3) is 5.49. The summed E-state index contributed by atoms with van der Waals surface area (Å²) in [6.07, 6.45) is 0. The van der Waals surface area contributed by atoms with Crippen LogP contribution in [0.3, 0.4) is 0 Å². The second-order valence-electron chi connectivity index (χ2n) is 19.8. The molecule has 340 valence electrons. The van der Waals surface area contributed by atoms with Crippen molar-refractivity contribution in [2.24, 2.45) is 0 Å². The zero-order chi connectivity index (χ0) is 47.8. The van der Waals surface area contributed by atoms with Gasteiger partial charge in [0, 0.05) is 37.9 Å². The van der Waals surface area contributed by atoms with E-state index in [4.69, 9.17) is 4.74 Å². The summed E-state index contributed by atoms with van der Waals surface area (Å²) in [7, 11) is 0. The van der Waals surface area contributed by atoms with Gasteiger partial charge in [0.2, 0.25) is 0 Å². The van der Waals surface area contributed by atoms with Crippen LogP contribution >= 0.6 is 11.8 Å². The van der Waals surface area contributed by atoms with Crippen LogP contribution in [0.5, 0.6) is 11.5 Å². The Morgan fingerprint density at radius 3 is 1.58 bits per heavy atom. The Hall–Kier alpha value is -8.89. The van der Waals surface area contributed by atoms with Gasteiger partial charge in [0.25, 0.3) is 0 Å². The largest absolute Gasteiger partial charge is 0.457 e. The molecular formula is C70H43NOS. The van der Waals surface area contributed by atoms with Crippen molar-refractivity contribution in [1.82, 2.24) is 0 Å². The van der Waals surface area contributed by atoms with Crippen LogP contribution in [0.1, 0.15) is 44.5 Å². The van der Waals surface area contributed by atoms with Crippen molar-refractivity contribution in [2.75, 3.05) is 4.90 Å². The van der Waals surface area contributed by atoms with Crippen LogP contribution in [0.4, 0.5) is 17.1 Å². The molecule has 0 radical (unpaired) electrons. The maximum atomic E-state index is 6.78. The maximum absolute atomic E-state index is 6.78. The van der Waals surface area contributed by atoms with E-state index in [-0.39, 0.29) is 0 Å². The lowest BCUT2D eigenvalue weighted by Crippen LogP contribution is -2.32. The molecule has 3 heteroatoms. The molecular weight excluding hydrogens is 903 g/mol. The molecule has 0 unspecified atom stereocenters. The monoisotopic (exact) mass is 945 g/mol. The minimum Gasteiger partial charge on any atom is -0.457 e. The predicted molar refractivity (Wildman–Crippen MR) is 300 cm³/mol. The number of fused-ring (bicyclic) bond motifs is 21. The van der Waals surface area contributed by atoms with E-state index in [9.17, 15) is 0 Å². The van der Waals surface area contributed by atoms with E-state index in [0.29, 0.717) is 0 Å². The SMILES string of the molecule is c1ccc2c(c1)Oc1ccccc1C21c2ccccc2-c2ccc(N(c3ccc(-c4ccc5c(ccc6ccccc65)c4)cc3)c3cccc4c3-c3ccccc3C43c4ccccc4Sc4ccccc43)cc21. The molecule has 0 fully saturated rings. The first-order valence-electron chi connectivity index (χ1n) is 25.2. The molecule has 2 nitrogen and oxygen atoms in total. The van der Waals surface area contributed by atoms with E-state index >= 15 is 0 Å². The highest BCUT2D eigenvalue weighted by Crippen LogP contribution is 2.66. The Balaban J connectivity index is 0.955. The second kappa shape index (κ2) is 15.3. The molecule has 2 aliphatic heterocycles. The van der Waals surface area contributed by atoms with Crippen molar-refractivity contribution in [2.45, 2.75) is 20.6 Å². The van der Waals surface area contributed by atoms with E-state index in [1.807, 2.05) is 11.8 Å². The smallest absolute Gasteiger partial charge is 0.132 e. The summed E-state index contributed by atoms with van der Waals surface area (Å²) in [6.45, 7) is 0. The van der Waals surface area contributed by atoms with Crippen LogP contribution in [0.25, 0.3) is 54.9 Å². The van der Waals surface area contributed by atoms with E-state index in [2.05, 4.69) is 266 Å². The molecule has 0 saturated heterocycles. The average Bonchev–Trinajstić information content (AvgIpc) is 3.91. The standard InChI is InChI=1S/C70H43NOS/c1-2-17-50-45(16-1)32-33-47-42-46(36-40-51(47)50)44-34-37-48(38-35-44)71(49-39-41-53-52-18-3-5-20-55(52)69(62(53)43-49)57-22-7-11-28-64(57)72-65-29-12-8-23-58(65)69)63-27-15-26-61-68(63)54-19-4-6-21-56(54)70(61)59-24-9-13-30-66(59)73-67-31-14-10-25-60(67)70/h1-43H. The van der Waals surface area contributed by atoms with Gasteiger partial charge in [0.05, 0.1) is 16.5 Å². The van der Waals surface area contributed by atoms with Crippen LogP contribution in [0.2, 0.25) is 0 Å². The highest BCUT2D eigenvalue weighted by atomic mass is 32.2. The van der Waals surface area contributed by atoms with Crippen molar-refractivity contribution >= 4 is 50.4 Å². The van der Waals surface area contributed by atoms with Crippen molar-refractivity contribution in [1.29, 1.82) is 0 Å². The van der Waals surface area contributed by atoms with E-state index in [1.165, 1.54) is 98.1 Å². The van der Waals surface area contributed by atoms with Crippen LogP contribution in [0, 0.1) is 0 Å². The number of para-hydroxylation sites is 2. The first kappa shape index (κ1) is 40.8. The Morgan fingerprint density at radius 2 is 0.836 bits per heavy atom. The topological polar surface area (TPSA) is 12.5 Å². The van der Waals surface area contributed by atoms with Gasteiger partial charge in [0.1, 0.15) is 11.5 Å². The number of hydrogen-bond donors (Lipinski definition) is 0. The fourth-order valence-corrected chi connectivity index (χ4v) is 14.7. The molecule has 4 aliphatic rings. The summed E-state index contributed by atoms with van der Waals surface area (Å²) in [4.78, 5) is 5.13. The normalized spacial score (nSPS) is 14.3. The van der Waals surface area contributed by atoms with Crippen molar-refractivity contribution in [3.63, 3.8) is 0 Å². The van der Waals surface area contributed by atoms with E-state index in [0.717, 1.165) is 39.7 Å². The molecule has 2 spiro atoms. The minimum atomic E-state index is -0.618. The van der Waals surface area contributed by atoms with Gasteiger partial charge in [-0.15, -0.1) is 0 Å². The average molecular weight is 946 g/mol. The molecule has 12 aromatic carbocycles. The molecule has 12 aromatic rings. The lowest BCUT2D eigenvalue weighted by atomic mass is 9.66. The number of benzene rings is 12. The Bertz CT molecular complexity index is 4210. The third-order valence-electron chi connectivity index (χ3n) is 16.4. The first-order chi connectivity index (χ1) is 36.2. The third-order valence-corrected chi connectivity index (χ3v) is 17.5. The van der Waals surface area contributed by atoms with Crippen molar-refractivity contribution in [3.8, 4) is 44.9 Å². The van der Waals surface area contributed by atoms with Crippen LogP contribution in [-0.2, 0) is 10.8 Å². The molecule has 0 saturated carbocycles. The zero-order valence-corrected chi connectivity index (χ0v) is 40.4. The van der Waals surface area contributed by atoms with Crippen molar-refractivity contribution < 1.29 is 4.74 Å². The number of rotatable bonds is 4. The second-order valence-corrected chi connectivity index (χ2v) is 20.9. The zero-order valence-electron chi connectivity index (χ0n) is 39.6. The van der Waals surface area contributed by atoms with Crippen LogP contribution in [-0.4, -0.2) is 0 Å². The van der Waals surface area contributed by atoms with Gasteiger partial charge < -0.3 is 9.64 Å².